The summed E-state index contributed by atoms with van der Waals surface area (Å²) < 4.78 is 36.5. The van der Waals surface area contributed by atoms with E-state index in [9.17, 15) is 22.8 Å². The molecule has 3 N–H and O–H groups in total. The molecule has 0 aliphatic rings. The SMILES string of the molecule is CCOc1ccc(S(=O)(=O)NCCC(=O)OCC(=O)NC(=O)NC(C)C)cc1. The Labute approximate surface area is 164 Å². The first-order valence-corrected chi connectivity index (χ1v) is 10.1. The van der Waals surface area contributed by atoms with Crippen molar-refractivity contribution in [1.29, 1.82) is 0 Å². The first-order valence-electron chi connectivity index (χ1n) is 8.62. The van der Waals surface area contributed by atoms with E-state index in [0.29, 0.717) is 12.4 Å². The number of carbonyl (C=O) groups is 3. The molecule has 0 aromatic heterocycles. The number of sulfonamides is 1. The molecule has 1 aromatic carbocycles. The monoisotopic (exact) mass is 415 g/mol. The second-order valence-corrected chi connectivity index (χ2v) is 7.66. The minimum absolute atomic E-state index is 0.0277. The van der Waals surface area contributed by atoms with Crippen molar-refractivity contribution in [2.75, 3.05) is 19.8 Å². The maximum Gasteiger partial charge on any atom is 0.321 e. The Morgan fingerprint density at radius 1 is 1.11 bits per heavy atom. The zero-order chi connectivity index (χ0) is 21.2. The summed E-state index contributed by atoms with van der Waals surface area (Å²) in [5.74, 6) is -1.03. The molecule has 11 heteroatoms. The number of imide groups is 1. The predicted molar refractivity (Wildman–Crippen MR) is 100 cm³/mol. The molecule has 156 valence electrons. The number of urea groups is 1. The lowest BCUT2D eigenvalue weighted by molar-refractivity contribution is -0.148. The predicted octanol–water partition coefficient (Wildman–Crippen LogP) is 0.531. The van der Waals surface area contributed by atoms with Gasteiger partial charge in [0.1, 0.15) is 5.75 Å². The number of rotatable bonds is 10. The molecule has 0 radical (unpaired) electrons. The van der Waals surface area contributed by atoms with Gasteiger partial charge < -0.3 is 14.8 Å². The highest BCUT2D eigenvalue weighted by Crippen LogP contribution is 2.15. The fourth-order valence-corrected chi connectivity index (χ4v) is 2.96. The summed E-state index contributed by atoms with van der Waals surface area (Å²) in [7, 11) is -3.79. The van der Waals surface area contributed by atoms with Crippen molar-refractivity contribution in [3.63, 3.8) is 0 Å². The van der Waals surface area contributed by atoms with Crippen LogP contribution < -0.4 is 20.1 Å². The van der Waals surface area contributed by atoms with Crippen LogP contribution in [0.25, 0.3) is 0 Å². The summed E-state index contributed by atoms with van der Waals surface area (Å²) in [6.07, 6.45) is -0.276. The second-order valence-electron chi connectivity index (χ2n) is 5.89. The average Bonchev–Trinajstić information content (AvgIpc) is 2.60. The van der Waals surface area contributed by atoms with E-state index in [4.69, 9.17) is 9.47 Å². The van der Waals surface area contributed by atoms with Crippen molar-refractivity contribution < 1.29 is 32.3 Å². The minimum atomic E-state index is -3.79. The van der Waals surface area contributed by atoms with Crippen LogP contribution in [0.4, 0.5) is 4.79 Å². The fourth-order valence-electron chi connectivity index (χ4n) is 1.93. The average molecular weight is 415 g/mol. The molecule has 0 atom stereocenters. The van der Waals surface area contributed by atoms with Crippen molar-refractivity contribution in [1.82, 2.24) is 15.4 Å². The number of ether oxygens (including phenoxy) is 2. The van der Waals surface area contributed by atoms with Gasteiger partial charge in [-0.05, 0) is 45.0 Å². The number of amides is 3. The van der Waals surface area contributed by atoms with E-state index in [0.717, 1.165) is 0 Å². The molecule has 10 nitrogen and oxygen atoms in total. The lowest BCUT2D eigenvalue weighted by atomic mass is 10.3. The van der Waals surface area contributed by atoms with Crippen LogP contribution in [-0.4, -0.2) is 52.1 Å². The number of benzene rings is 1. The van der Waals surface area contributed by atoms with Gasteiger partial charge in [-0.15, -0.1) is 0 Å². The van der Waals surface area contributed by atoms with E-state index in [1.807, 2.05) is 12.2 Å². The Kier molecular flexibility index (Phi) is 9.39. The van der Waals surface area contributed by atoms with Crippen LogP contribution in [0.1, 0.15) is 27.2 Å². The molecular formula is C17H25N3O7S. The van der Waals surface area contributed by atoms with E-state index in [-0.39, 0.29) is 23.9 Å². The smallest absolute Gasteiger partial charge is 0.321 e. The molecule has 1 aromatic rings. The summed E-state index contributed by atoms with van der Waals surface area (Å²) in [5, 5.41) is 4.44. The van der Waals surface area contributed by atoms with Crippen LogP contribution in [0, 0.1) is 0 Å². The second kappa shape index (κ2) is 11.2. The van der Waals surface area contributed by atoms with E-state index < -0.39 is 34.5 Å². The Bertz CT molecular complexity index is 776. The van der Waals surface area contributed by atoms with Gasteiger partial charge in [-0.1, -0.05) is 0 Å². The largest absolute Gasteiger partial charge is 0.494 e. The molecule has 0 saturated heterocycles. The number of hydrogen-bond acceptors (Lipinski definition) is 7. The number of esters is 1. The van der Waals surface area contributed by atoms with Gasteiger partial charge in [0.15, 0.2) is 6.61 Å². The van der Waals surface area contributed by atoms with E-state index in [2.05, 4.69) is 10.0 Å². The Morgan fingerprint density at radius 3 is 2.32 bits per heavy atom. The molecule has 0 aliphatic carbocycles. The quantitative estimate of drug-likeness (QED) is 0.474. The summed E-state index contributed by atoms with van der Waals surface area (Å²) in [4.78, 5) is 34.4. The van der Waals surface area contributed by atoms with E-state index in [1.165, 1.54) is 24.3 Å². The molecule has 0 heterocycles. The van der Waals surface area contributed by atoms with Crippen molar-refractivity contribution in [3.05, 3.63) is 24.3 Å². The molecule has 28 heavy (non-hydrogen) atoms. The van der Waals surface area contributed by atoms with Gasteiger partial charge in [0.05, 0.1) is 17.9 Å². The molecule has 0 unspecified atom stereocenters. The topological polar surface area (TPSA) is 140 Å². The van der Waals surface area contributed by atoms with Gasteiger partial charge in [-0.2, -0.15) is 0 Å². The number of hydrogen-bond donors (Lipinski definition) is 3. The van der Waals surface area contributed by atoms with Gasteiger partial charge >= 0.3 is 12.0 Å². The summed E-state index contributed by atoms with van der Waals surface area (Å²) in [6, 6.07) is 4.98. The van der Waals surface area contributed by atoms with Crippen LogP contribution in [0.5, 0.6) is 5.75 Å². The Balaban J connectivity index is 2.36. The molecule has 0 spiro atoms. The highest BCUT2D eigenvalue weighted by molar-refractivity contribution is 7.89. The molecule has 0 bridgehead atoms. The van der Waals surface area contributed by atoms with Crippen molar-refractivity contribution in [2.45, 2.75) is 38.1 Å². The highest BCUT2D eigenvalue weighted by atomic mass is 32.2. The first-order chi connectivity index (χ1) is 13.1. The molecule has 0 aliphatic heterocycles. The van der Waals surface area contributed by atoms with Gasteiger partial charge in [-0.3, -0.25) is 14.9 Å². The van der Waals surface area contributed by atoms with Crippen molar-refractivity contribution >= 4 is 27.9 Å². The standard InChI is InChI=1S/C17H25N3O7S/c1-4-26-13-5-7-14(8-6-13)28(24,25)18-10-9-16(22)27-11-15(21)20-17(23)19-12(2)3/h5-8,12,18H,4,9-11H2,1-3H3,(H2,19,20,21,23). The fraction of sp³-hybridized carbons (Fsp3) is 0.471. The summed E-state index contributed by atoms with van der Waals surface area (Å²) in [5.41, 5.74) is 0. The van der Waals surface area contributed by atoms with Gasteiger partial charge in [0.25, 0.3) is 5.91 Å². The van der Waals surface area contributed by atoms with Crippen LogP contribution in [-0.2, 0) is 24.3 Å². The number of carbonyl (C=O) groups excluding carboxylic acids is 3. The lowest BCUT2D eigenvalue weighted by Gasteiger charge is -2.10. The highest BCUT2D eigenvalue weighted by Gasteiger charge is 2.16. The van der Waals surface area contributed by atoms with Crippen LogP contribution in [0.3, 0.4) is 0 Å². The molecule has 0 saturated carbocycles. The third kappa shape index (κ3) is 8.82. The molecular weight excluding hydrogens is 390 g/mol. The summed E-state index contributed by atoms with van der Waals surface area (Å²) in [6.45, 7) is 4.87. The molecule has 1 rings (SSSR count). The van der Waals surface area contributed by atoms with Gasteiger partial charge in [-0.25, -0.2) is 17.9 Å². The third-order valence-electron chi connectivity index (χ3n) is 3.10. The lowest BCUT2D eigenvalue weighted by Crippen LogP contribution is -2.44. The van der Waals surface area contributed by atoms with E-state index >= 15 is 0 Å². The maximum atomic E-state index is 12.1. The third-order valence-corrected chi connectivity index (χ3v) is 4.58. The van der Waals surface area contributed by atoms with Crippen molar-refractivity contribution in [3.8, 4) is 5.75 Å². The van der Waals surface area contributed by atoms with E-state index in [1.54, 1.807) is 13.8 Å². The molecule has 0 fully saturated rings. The summed E-state index contributed by atoms with van der Waals surface area (Å²) >= 11 is 0. The minimum Gasteiger partial charge on any atom is -0.494 e. The van der Waals surface area contributed by atoms with Gasteiger partial charge in [0.2, 0.25) is 10.0 Å². The zero-order valence-electron chi connectivity index (χ0n) is 16.0. The maximum absolute atomic E-state index is 12.1. The van der Waals surface area contributed by atoms with Gasteiger partial charge in [0, 0.05) is 12.6 Å². The first kappa shape index (κ1) is 23.4. The zero-order valence-corrected chi connectivity index (χ0v) is 16.8. The number of nitrogens with one attached hydrogen (secondary N) is 3. The van der Waals surface area contributed by atoms with Crippen LogP contribution >= 0.6 is 0 Å². The van der Waals surface area contributed by atoms with Crippen LogP contribution in [0.2, 0.25) is 0 Å². The van der Waals surface area contributed by atoms with Crippen LogP contribution in [0.15, 0.2) is 29.2 Å². The normalized spacial score (nSPS) is 11.0. The molecule has 3 amide bonds. The van der Waals surface area contributed by atoms with Crippen molar-refractivity contribution in [2.24, 2.45) is 0 Å². The Hall–Kier alpha value is -2.66. The Morgan fingerprint density at radius 2 is 1.75 bits per heavy atom.